The van der Waals surface area contributed by atoms with E-state index in [1.807, 2.05) is 38.1 Å². The molecule has 0 radical (unpaired) electrons. The molecule has 0 aliphatic carbocycles. The molecule has 2 aromatic carbocycles. The number of aryl methyl sites for hydroxylation is 1. The zero-order valence-electron chi connectivity index (χ0n) is 17.9. The molecule has 1 fully saturated rings. The van der Waals surface area contributed by atoms with Gasteiger partial charge >= 0.3 is 0 Å². The lowest BCUT2D eigenvalue weighted by molar-refractivity contribution is 0.0773. The minimum Gasteiger partial charge on any atom is -0.492 e. The SMILES string of the molecule is Cc1cccc(OCCN(C)C(=O)c2cccc(S(=O)(=O)N3CCCCC3C)c2)c1. The second-order valence-electron chi connectivity index (χ2n) is 7.88. The van der Waals surface area contributed by atoms with Gasteiger partial charge < -0.3 is 9.64 Å². The van der Waals surface area contributed by atoms with E-state index in [2.05, 4.69) is 0 Å². The van der Waals surface area contributed by atoms with Crippen LogP contribution in [0.4, 0.5) is 0 Å². The van der Waals surface area contributed by atoms with Crippen molar-refractivity contribution in [2.24, 2.45) is 0 Å². The Morgan fingerprint density at radius 3 is 2.67 bits per heavy atom. The molecule has 1 heterocycles. The molecule has 30 heavy (non-hydrogen) atoms. The first-order valence-electron chi connectivity index (χ1n) is 10.4. The molecule has 0 spiro atoms. The Bertz CT molecular complexity index is 990. The number of carbonyl (C=O) groups excluding carboxylic acids is 1. The van der Waals surface area contributed by atoms with Crippen LogP contribution in [0.3, 0.4) is 0 Å². The molecule has 1 saturated heterocycles. The molecular formula is C23H30N2O4S. The van der Waals surface area contributed by atoms with E-state index in [9.17, 15) is 13.2 Å². The third kappa shape index (κ3) is 5.21. The summed E-state index contributed by atoms with van der Waals surface area (Å²) in [5.74, 6) is 0.533. The minimum absolute atomic E-state index is 0.0236. The van der Waals surface area contributed by atoms with Gasteiger partial charge in [-0.05, 0) is 62.6 Å². The highest BCUT2D eigenvalue weighted by molar-refractivity contribution is 7.89. The van der Waals surface area contributed by atoms with Gasteiger partial charge in [-0.1, -0.05) is 24.6 Å². The first kappa shape index (κ1) is 22.3. The van der Waals surface area contributed by atoms with E-state index in [1.54, 1.807) is 34.5 Å². The van der Waals surface area contributed by atoms with Crippen molar-refractivity contribution in [1.29, 1.82) is 0 Å². The predicted octanol–water partition coefficient (Wildman–Crippen LogP) is 3.71. The summed E-state index contributed by atoms with van der Waals surface area (Å²) in [6, 6.07) is 14.0. The van der Waals surface area contributed by atoms with Crippen molar-refractivity contribution in [2.45, 2.75) is 44.0 Å². The largest absolute Gasteiger partial charge is 0.492 e. The number of sulfonamides is 1. The summed E-state index contributed by atoms with van der Waals surface area (Å²) in [7, 11) is -1.92. The summed E-state index contributed by atoms with van der Waals surface area (Å²) in [6.45, 7) is 5.21. The van der Waals surface area contributed by atoms with Gasteiger partial charge in [-0.25, -0.2) is 8.42 Å². The summed E-state index contributed by atoms with van der Waals surface area (Å²) < 4.78 is 33.4. The zero-order valence-corrected chi connectivity index (χ0v) is 18.7. The molecule has 0 saturated carbocycles. The molecule has 1 aliphatic rings. The van der Waals surface area contributed by atoms with Crippen LogP contribution < -0.4 is 4.74 Å². The van der Waals surface area contributed by atoms with Gasteiger partial charge in [0.15, 0.2) is 0 Å². The van der Waals surface area contributed by atoms with Crippen molar-refractivity contribution in [2.75, 3.05) is 26.7 Å². The summed E-state index contributed by atoms with van der Waals surface area (Å²) in [6.07, 6.45) is 2.77. The summed E-state index contributed by atoms with van der Waals surface area (Å²) in [5.41, 5.74) is 1.47. The lowest BCUT2D eigenvalue weighted by atomic mass is 10.1. The summed E-state index contributed by atoms with van der Waals surface area (Å²) >= 11 is 0. The third-order valence-electron chi connectivity index (χ3n) is 5.46. The molecule has 1 amide bonds. The molecule has 6 nitrogen and oxygen atoms in total. The van der Waals surface area contributed by atoms with E-state index in [0.29, 0.717) is 25.3 Å². The van der Waals surface area contributed by atoms with E-state index in [4.69, 9.17) is 4.74 Å². The number of benzene rings is 2. The molecule has 0 aromatic heterocycles. The fraction of sp³-hybridized carbons (Fsp3) is 0.435. The Morgan fingerprint density at radius 2 is 1.93 bits per heavy atom. The monoisotopic (exact) mass is 430 g/mol. The second-order valence-corrected chi connectivity index (χ2v) is 9.77. The van der Waals surface area contributed by atoms with Crippen LogP contribution in [0, 0.1) is 6.92 Å². The van der Waals surface area contributed by atoms with Gasteiger partial charge in [0.2, 0.25) is 10.0 Å². The minimum atomic E-state index is -3.61. The van der Waals surface area contributed by atoms with Crippen molar-refractivity contribution in [3.8, 4) is 5.75 Å². The fourth-order valence-electron chi connectivity index (χ4n) is 3.68. The molecule has 0 bridgehead atoms. The number of piperidine rings is 1. The van der Waals surface area contributed by atoms with Crippen molar-refractivity contribution in [3.05, 3.63) is 59.7 Å². The fourth-order valence-corrected chi connectivity index (χ4v) is 5.43. The van der Waals surface area contributed by atoms with Gasteiger partial charge in [0, 0.05) is 25.2 Å². The number of amides is 1. The third-order valence-corrected chi connectivity index (χ3v) is 7.47. The predicted molar refractivity (Wildman–Crippen MR) is 117 cm³/mol. The van der Waals surface area contributed by atoms with Gasteiger partial charge in [-0.15, -0.1) is 0 Å². The number of rotatable bonds is 7. The van der Waals surface area contributed by atoms with Crippen LogP contribution in [-0.2, 0) is 10.0 Å². The van der Waals surface area contributed by atoms with Gasteiger partial charge in [0.25, 0.3) is 5.91 Å². The van der Waals surface area contributed by atoms with E-state index in [-0.39, 0.29) is 16.8 Å². The first-order chi connectivity index (χ1) is 14.3. The lowest BCUT2D eigenvalue weighted by Gasteiger charge is -2.32. The van der Waals surface area contributed by atoms with Gasteiger partial charge in [-0.2, -0.15) is 4.31 Å². The average Bonchev–Trinajstić information content (AvgIpc) is 2.73. The molecule has 2 aromatic rings. The van der Waals surface area contributed by atoms with Crippen molar-refractivity contribution in [3.63, 3.8) is 0 Å². The van der Waals surface area contributed by atoms with E-state index >= 15 is 0 Å². The Labute approximate surface area is 179 Å². The number of hydrogen-bond acceptors (Lipinski definition) is 4. The Kier molecular flexibility index (Phi) is 7.15. The average molecular weight is 431 g/mol. The summed E-state index contributed by atoms with van der Waals surface area (Å²) in [5, 5.41) is 0. The number of carbonyl (C=O) groups is 1. The second kappa shape index (κ2) is 9.62. The van der Waals surface area contributed by atoms with E-state index < -0.39 is 10.0 Å². The van der Waals surface area contributed by atoms with Crippen LogP contribution in [-0.4, -0.2) is 56.3 Å². The van der Waals surface area contributed by atoms with Crippen molar-refractivity contribution < 1.29 is 17.9 Å². The van der Waals surface area contributed by atoms with Crippen LogP contribution in [0.5, 0.6) is 5.75 Å². The number of hydrogen-bond donors (Lipinski definition) is 0. The highest BCUT2D eigenvalue weighted by atomic mass is 32.2. The van der Waals surface area contributed by atoms with Crippen molar-refractivity contribution >= 4 is 15.9 Å². The number of ether oxygens (including phenoxy) is 1. The number of nitrogens with zero attached hydrogens (tertiary/aromatic N) is 2. The maximum Gasteiger partial charge on any atom is 0.253 e. The highest BCUT2D eigenvalue weighted by Gasteiger charge is 2.31. The molecule has 1 atom stereocenters. The van der Waals surface area contributed by atoms with Crippen LogP contribution in [0.15, 0.2) is 53.4 Å². The van der Waals surface area contributed by atoms with Gasteiger partial charge in [0.05, 0.1) is 11.4 Å². The number of likely N-dealkylation sites (N-methyl/N-ethyl adjacent to an activating group) is 1. The maximum atomic E-state index is 13.1. The Hall–Kier alpha value is -2.38. The molecule has 0 N–H and O–H groups in total. The Balaban J connectivity index is 1.66. The molecule has 7 heteroatoms. The molecule has 162 valence electrons. The zero-order chi connectivity index (χ0) is 21.7. The van der Waals surface area contributed by atoms with Gasteiger partial charge in [-0.3, -0.25) is 4.79 Å². The van der Waals surface area contributed by atoms with Crippen LogP contribution >= 0.6 is 0 Å². The topological polar surface area (TPSA) is 66.9 Å². The molecule has 1 unspecified atom stereocenters. The standard InChI is InChI=1S/C23H30N2O4S/c1-18-8-6-11-21(16-18)29-15-14-24(3)23(26)20-10-7-12-22(17-20)30(27,28)25-13-5-4-9-19(25)2/h6-8,10-12,16-17,19H,4-5,9,13-15H2,1-3H3. The van der Waals surface area contributed by atoms with E-state index in [0.717, 1.165) is 30.6 Å². The van der Waals surface area contributed by atoms with E-state index in [1.165, 1.54) is 6.07 Å². The molecule has 3 rings (SSSR count). The first-order valence-corrected chi connectivity index (χ1v) is 11.8. The lowest BCUT2D eigenvalue weighted by Crippen LogP contribution is -2.42. The summed E-state index contributed by atoms with van der Waals surface area (Å²) in [4.78, 5) is 14.5. The molecular weight excluding hydrogens is 400 g/mol. The van der Waals surface area contributed by atoms with Crippen LogP contribution in [0.1, 0.15) is 42.1 Å². The van der Waals surface area contributed by atoms with Crippen molar-refractivity contribution in [1.82, 2.24) is 9.21 Å². The Morgan fingerprint density at radius 1 is 1.17 bits per heavy atom. The highest BCUT2D eigenvalue weighted by Crippen LogP contribution is 2.25. The molecule has 1 aliphatic heterocycles. The van der Waals surface area contributed by atoms with Crippen LogP contribution in [0.25, 0.3) is 0 Å². The van der Waals surface area contributed by atoms with Gasteiger partial charge in [0.1, 0.15) is 12.4 Å². The quantitative estimate of drug-likeness (QED) is 0.672. The normalized spacial score (nSPS) is 17.5. The smallest absolute Gasteiger partial charge is 0.253 e. The van der Waals surface area contributed by atoms with Crippen LogP contribution in [0.2, 0.25) is 0 Å². The maximum absolute atomic E-state index is 13.1.